The Morgan fingerprint density at radius 1 is 1.19 bits per heavy atom. The molecule has 1 aromatic carbocycles. The van der Waals surface area contributed by atoms with E-state index in [0.717, 1.165) is 42.6 Å². The lowest BCUT2D eigenvalue weighted by Gasteiger charge is -2.16. The third kappa shape index (κ3) is 2.99. The van der Waals surface area contributed by atoms with Gasteiger partial charge in [0.15, 0.2) is 5.69 Å². The molecular formula is C17H20N2O2. The van der Waals surface area contributed by atoms with Crippen molar-refractivity contribution >= 4 is 5.91 Å². The van der Waals surface area contributed by atoms with Crippen molar-refractivity contribution in [2.45, 2.75) is 38.6 Å². The third-order valence-corrected chi connectivity index (χ3v) is 4.01. The summed E-state index contributed by atoms with van der Waals surface area (Å²) < 4.78 is 5.39. The van der Waals surface area contributed by atoms with Crippen LogP contribution in [-0.2, 0) is 19.4 Å². The van der Waals surface area contributed by atoms with Crippen molar-refractivity contribution in [3.63, 3.8) is 0 Å². The molecule has 0 radical (unpaired) electrons. The highest BCUT2D eigenvalue weighted by atomic mass is 16.5. The Bertz CT molecular complexity index is 619. The minimum atomic E-state index is -0.0502. The quantitative estimate of drug-likeness (QED) is 0.813. The van der Waals surface area contributed by atoms with Gasteiger partial charge in [-0.25, -0.2) is 0 Å². The van der Waals surface area contributed by atoms with E-state index < -0.39 is 0 Å². The number of aromatic nitrogens is 1. The number of amides is 1. The Morgan fingerprint density at radius 3 is 2.76 bits per heavy atom. The molecule has 1 aromatic heterocycles. The van der Waals surface area contributed by atoms with Crippen LogP contribution in [0.5, 0.6) is 0 Å². The number of benzene rings is 1. The lowest BCUT2D eigenvalue weighted by molar-refractivity contribution is 0.0773. The second-order valence-electron chi connectivity index (χ2n) is 5.64. The van der Waals surface area contributed by atoms with Gasteiger partial charge in [-0.2, -0.15) is 0 Å². The fourth-order valence-electron chi connectivity index (χ4n) is 2.84. The number of carbonyl (C=O) groups is 1. The molecule has 0 fully saturated rings. The zero-order chi connectivity index (χ0) is 14.7. The molecule has 0 bridgehead atoms. The van der Waals surface area contributed by atoms with Gasteiger partial charge in [0.25, 0.3) is 5.91 Å². The molecule has 1 aliphatic rings. The predicted octanol–water partition coefficient (Wildman–Crippen LogP) is 3.22. The molecular weight excluding hydrogens is 264 g/mol. The average Bonchev–Trinajstić information content (AvgIpc) is 2.76. The highest BCUT2D eigenvalue weighted by Gasteiger charge is 2.25. The van der Waals surface area contributed by atoms with Crippen molar-refractivity contribution in [1.29, 1.82) is 0 Å². The standard InChI is InChI=1S/C17H20N2O2/c1-19(12-13-8-4-2-5-9-13)17(20)16-14-10-6-3-7-11-15(14)21-18-16/h2,4-5,8-9H,3,6-7,10-12H2,1H3. The summed E-state index contributed by atoms with van der Waals surface area (Å²) in [6, 6.07) is 9.98. The fraction of sp³-hybridized carbons (Fsp3) is 0.412. The molecule has 1 aliphatic carbocycles. The maximum Gasteiger partial charge on any atom is 0.276 e. The molecule has 0 saturated heterocycles. The molecule has 2 aromatic rings. The Hall–Kier alpha value is -2.10. The molecule has 0 N–H and O–H groups in total. The Labute approximate surface area is 124 Å². The number of carbonyl (C=O) groups excluding carboxylic acids is 1. The molecule has 0 unspecified atom stereocenters. The molecule has 3 rings (SSSR count). The van der Waals surface area contributed by atoms with Gasteiger partial charge in [0, 0.05) is 25.6 Å². The number of rotatable bonds is 3. The van der Waals surface area contributed by atoms with E-state index in [0.29, 0.717) is 12.2 Å². The first-order valence-corrected chi connectivity index (χ1v) is 7.52. The molecule has 0 spiro atoms. The van der Waals surface area contributed by atoms with Crippen LogP contribution in [0, 0.1) is 0 Å². The summed E-state index contributed by atoms with van der Waals surface area (Å²) >= 11 is 0. The number of nitrogens with zero attached hydrogens (tertiary/aromatic N) is 2. The van der Waals surface area contributed by atoms with E-state index >= 15 is 0 Å². The lowest BCUT2D eigenvalue weighted by Crippen LogP contribution is -2.27. The molecule has 4 nitrogen and oxygen atoms in total. The molecule has 0 atom stereocenters. The lowest BCUT2D eigenvalue weighted by atomic mass is 10.1. The van der Waals surface area contributed by atoms with E-state index in [1.807, 2.05) is 37.4 Å². The smallest absolute Gasteiger partial charge is 0.276 e. The molecule has 21 heavy (non-hydrogen) atoms. The summed E-state index contributed by atoms with van der Waals surface area (Å²) in [6.07, 6.45) is 5.22. The Morgan fingerprint density at radius 2 is 1.95 bits per heavy atom. The van der Waals surface area contributed by atoms with E-state index in [2.05, 4.69) is 5.16 Å². The van der Waals surface area contributed by atoms with Crippen LogP contribution >= 0.6 is 0 Å². The van der Waals surface area contributed by atoms with E-state index in [1.54, 1.807) is 4.90 Å². The minimum absolute atomic E-state index is 0.0502. The summed E-state index contributed by atoms with van der Waals surface area (Å²) in [6.45, 7) is 0.585. The topological polar surface area (TPSA) is 46.3 Å². The fourth-order valence-corrected chi connectivity index (χ4v) is 2.84. The molecule has 0 aliphatic heterocycles. The molecule has 110 valence electrons. The van der Waals surface area contributed by atoms with Gasteiger partial charge in [-0.1, -0.05) is 41.9 Å². The zero-order valence-corrected chi connectivity index (χ0v) is 12.3. The summed E-state index contributed by atoms with van der Waals surface area (Å²) in [7, 11) is 1.81. The first-order chi connectivity index (χ1) is 10.3. The van der Waals surface area contributed by atoms with Gasteiger partial charge in [0.2, 0.25) is 0 Å². The van der Waals surface area contributed by atoms with Gasteiger partial charge in [0.1, 0.15) is 5.76 Å². The summed E-state index contributed by atoms with van der Waals surface area (Å²) in [5.74, 6) is 0.856. The van der Waals surface area contributed by atoms with E-state index in [9.17, 15) is 4.79 Å². The second-order valence-corrected chi connectivity index (χ2v) is 5.64. The van der Waals surface area contributed by atoms with Crippen LogP contribution in [0.3, 0.4) is 0 Å². The number of aryl methyl sites for hydroxylation is 1. The van der Waals surface area contributed by atoms with Crippen LogP contribution in [0.15, 0.2) is 34.9 Å². The second kappa shape index (κ2) is 6.12. The normalized spacial score (nSPS) is 14.3. The van der Waals surface area contributed by atoms with Crippen molar-refractivity contribution in [3.8, 4) is 0 Å². The summed E-state index contributed by atoms with van der Waals surface area (Å²) in [5.41, 5.74) is 2.64. The van der Waals surface area contributed by atoms with Crippen LogP contribution < -0.4 is 0 Å². The first-order valence-electron chi connectivity index (χ1n) is 7.52. The van der Waals surface area contributed by atoms with E-state index in [-0.39, 0.29) is 5.91 Å². The van der Waals surface area contributed by atoms with Crippen molar-refractivity contribution < 1.29 is 9.32 Å². The first kappa shape index (κ1) is 13.9. The maximum absolute atomic E-state index is 12.6. The van der Waals surface area contributed by atoms with Crippen molar-refractivity contribution in [1.82, 2.24) is 10.1 Å². The van der Waals surface area contributed by atoms with Gasteiger partial charge >= 0.3 is 0 Å². The van der Waals surface area contributed by atoms with E-state index in [1.165, 1.54) is 6.42 Å². The Kier molecular flexibility index (Phi) is 4.04. The van der Waals surface area contributed by atoms with Gasteiger partial charge in [-0.15, -0.1) is 0 Å². The number of hydrogen-bond donors (Lipinski definition) is 0. The summed E-state index contributed by atoms with van der Waals surface area (Å²) in [4.78, 5) is 14.3. The Balaban J connectivity index is 1.77. The highest BCUT2D eigenvalue weighted by molar-refractivity contribution is 5.93. The predicted molar refractivity (Wildman–Crippen MR) is 80.0 cm³/mol. The monoisotopic (exact) mass is 284 g/mol. The van der Waals surface area contributed by atoms with Crippen LogP contribution in [0.1, 0.15) is 46.6 Å². The molecule has 1 amide bonds. The van der Waals surface area contributed by atoms with Crippen LogP contribution in [-0.4, -0.2) is 23.0 Å². The highest BCUT2D eigenvalue weighted by Crippen LogP contribution is 2.24. The van der Waals surface area contributed by atoms with Crippen molar-refractivity contribution in [2.24, 2.45) is 0 Å². The molecule has 4 heteroatoms. The van der Waals surface area contributed by atoms with Gasteiger partial charge < -0.3 is 9.42 Å². The minimum Gasteiger partial charge on any atom is -0.360 e. The molecule has 0 saturated carbocycles. The van der Waals surface area contributed by atoms with Crippen LogP contribution in [0.25, 0.3) is 0 Å². The number of fused-ring (bicyclic) bond motifs is 1. The summed E-state index contributed by atoms with van der Waals surface area (Å²) in [5, 5.41) is 4.04. The zero-order valence-electron chi connectivity index (χ0n) is 12.3. The average molecular weight is 284 g/mol. The van der Waals surface area contributed by atoms with Crippen molar-refractivity contribution in [3.05, 3.63) is 52.9 Å². The maximum atomic E-state index is 12.6. The van der Waals surface area contributed by atoms with Crippen LogP contribution in [0.2, 0.25) is 0 Å². The molecule has 1 heterocycles. The SMILES string of the molecule is CN(Cc1ccccc1)C(=O)c1noc2c1CCCCC2. The van der Waals surface area contributed by atoms with Crippen LogP contribution in [0.4, 0.5) is 0 Å². The van der Waals surface area contributed by atoms with E-state index in [4.69, 9.17) is 4.52 Å². The van der Waals surface area contributed by atoms with Gasteiger partial charge in [-0.3, -0.25) is 4.79 Å². The number of hydrogen-bond acceptors (Lipinski definition) is 3. The van der Waals surface area contributed by atoms with Gasteiger partial charge in [-0.05, 0) is 24.8 Å². The van der Waals surface area contributed by atoms with Crippen molar-refractivity contribution in [2.75, 3.05) is 7.05 Å². The largest absolute Gasteiger partial charge is 0.360 e. The third-order valence-electron chi connectivity index (χ3n) is 4.01. The van der Waals surface area contributed by atoms with Gasteiger partial charge in [0.05, 0.1) is 0 Å².